The lowest BCUT2D eigenvalue weighted by Crippen LogP contribution is -2.18. The molecule has 1 rings (SSSR count). The molecular formula is C10H19I. The van der Waals surface area contributed by atoms with Crippen LogP contribution < -0.4 is 0 Å². The van der Waals surface area contributed by atoms with E-state index in [1.54, 1.807) is 0 Å². The second-order valence-corrected chi connectivity index (χ2v) is 5.30. The highest BCUT2D eigenvalue weighted by Gasteiger charge is 2.21. The maximum Gasteiger partial charge on any atom is 0.0138 e. The van der Waals surface area contributed by atoms with Gasteiger partial charge in [-0.15, -0.1) is 0 Å². The van der Waals surface area contributed by atoms with Gasteiger partial charge in [0.15, 0.2) is 0 Å². The molecular weight excluding hydrogens is 247 g/mol. The third kappa shape index (κ3) is 3.30. The number of rotatable bonds is 3. The first-order chi connectivity index (χ1) is 5.34. The van der Waals surface area contributed by atoms with Gasteiger partial charge in [-0.1, -0.05) is 55.2 Å². The molecule has 0 amide bonds. The SMILES string of the molecule is CCCCC1CCCCC1I. The Kier molecular flexibility index (Phi) is 4.81. The summed E-state index contributed by atoms with van der Waals surface area (Å²) >= 11 is 2.66. The van der Waals surface area contributed by atoms with E-state index < -0.39 is 0 Å². The Hall–Kier alpha value is 0.730. The molecule has 1 fully saturated rings. The van der Waals surface area contributed by atoms with Crippen LogP contribution in [-0.2, 0) is 0 Å². The Balaban J connectivity index is 2.18. The van der Waals surface area contributed by atoms with Crippen molar-refractivity contribution >= 4 is 22.6 Å². The summed E-state index contributed by atoms with van der Waals surface area (Å²) in [6, 6.07) is 0. The van der Waals surface area contributed by atoms with E-state index >= 15 is 0 Å². The fourth-order valence-corrected chi connectivity index (χ4v) is 3.11. The van der Waals surface area contributed by atoms with Gasteiger partial charge in [-0.2, -0.15) is 0 Å². The van der Waals surface area contributed by atoms with Crippen molar-refractivity contribution in [2.75, 3.05) is 0 Å². The quantitative estimate of drug-likeness (QED) is 0.531. The van der Waals surface area contributed by atoms with Crippen LogP contribution >= 0.6 is 22.6 Å². The molecule has 1 saturated carbocycles. The fourth-order valence-electron chi connectivity index (χ4n) is 1.95. The highest BCUT2D eigenvalue weighted by Crippen LogP contribution is 2.33. The largest absolute Gasteiger partial charge is 0.0823 e. The average Bonchev–Trinajstić information content (AvgIpc) is 2.03. The average molecular weight is 266 g/mol. The lowest BCUT2D eigenvalue weighted by atomic mass is 9.86. The smallest absolute Gasteiger partial charge is 0.0138 e. The minimum absolute atomic E-state index is 0.993. The maximum atomic E-state index is 2.66. The van der Waals surface area contributed by atoms with Crippen molar-refractivity contribution in [2.45, 2.75) is 55.8 Å². The van der Waals surface area contributed by atoms with Crippen LogP contribution in [0, 0.1) is 5.92 Å². The van der Waals surface area contributed by atoms with E-state index in [0.717, 1.165) is 9.84 Å². The molecule has 0 aliphatic heterocycles. The molecule has 2 unspecified atom stereocenters. The molecule has 0 N–H and O–H groups in total. The van der Waals surface area contributed by atoms with E-state index in [-0.39, 0.29) is 0 Å². The summed E-state index contributed by atoms with van der Waals surface area (Å²) in [5.74, 6) is 1.06. The van der Waals surface area contributed by atoms with Crippen molar-refractivity contribution in [1.82, 2.24) is 0 Å². The van der Waals surface area contributed by atoms with Gasteiger partial charge in [0, 0.05) is 3.92 Å². The van der Waals surface area contributed by atoms with Gasteiger partial charge in [-0.25, -0.2) is 0 Å². The normalized spacial score (nSPS) is 32.2. The van der Waals surface area contributed by atoms with Gasteiger partial charge in [0.1, 0.15) is 0 Å². The number of hydrogen-bond donors (Lipinski definition) is 0. The minimum atomic E-state index is 0.993. The molecule has 1 aliphatic rings. The molecule has 0 heterocycles. The summed E-state index contributed by atoms with van der Waals surface area (Å²) in [6.07, 6.45) is 10.3. The minimum Gasteiger partial charge on any atom is -0.0823 e. The van der Waals surface area contributed by atoms with Crippen LogP contribution in [0.4, 0.5) is 0 Å². The van der Waals surface area contributed by atoms with Gasteiger partial charge >= 0.3 is 0 Å². The zero-order valence-corrected chi connectivity index (χ0v) is 9.64. The summed E-state index contributed by atoms with van der Waals surface area (Å²) in [7, 11) is 0. The molecule has 1 heteroatoms. The summed E-state index contributed by atoms with van der Waals surface area (Å²) < 4.78 is 0.993. The lowest BCUT2D eigenvalue weighted by Gasteiger charge is -2.27. The third-order valence-corrected chi connectivity index (χ3v) is 4.38. The Morgan fingerprint density at radius 2 is 2.00 bits per heavy atom. The molecule has 1 aliphatic carbocycles. The van der Waals surface area contributed by atoms with E-state index in [0.29, 0.717) is 0 Å². The third-order valence-electron chi connectivity index (χ3n) is 2.74. The summed E-state index contributed by atoms with van der Waals surface area (Å²) in [4.78, 5) is 0. The van der Waals surface area contributed by atoms with Crippen LogP contribution in [0.15, 0.2) is 0 Å². The van der Waals surface area contributed by atoms with Crippen molar-refractivity contribution in [3.8, 4) is 0 Å². The zero-order chi connectivity index (χ0) is 8.10. The predicted molar refractivity (Wildman–Crippen MR) is 59.3 cm³/mol. The van der Waals surface area contributed by atoms with E-state index in [9.17, 15) is 0 Å². The van der Waals surface area contributed by atoms with Gasteiger partial charge in [-0.3, -0.25) is 0 Å². The van der Waals surface area contributed by atoms with Crippen molar-refractivity contribution in [3.63, 3.8) is 0 Å². The number of halogens is 1. The van der Waals surface area contributed by atoms with Crippen molar-refractivity contribution in [3.05, 3.63) is 0 Å². The molecule has 0 bridgehead atoms. The standard InChI is InChI=1S/C10H19I/c1-2-3-6-9-7-4-5-8-10(9)11/h9-10H,2-8H2,1H3. The Morgan fingerprint density at radius 1 is 1.27 bits per heavy atom. The van der Waals surface area contributed by atoms with Crippen molar-refractivity contribution in [1.29, 1.82) is 0 Å². The molecule has 2 atom stereocenters. The Bertz CT molecular complexity index is 101. The van der Waals surface area contributed by atoms with Crippen LogP contribution in [0.5, 0.6) is 0 Å². The van der Waals surface area contributed by atoms with Crippen LogP contribution in [-0.4, -0.2) is 3.92 Å². The van der Waals surface area contributed by atoms with Crippen molar-refractivity contribution < 1.29 is 0 Å². The molecule has 0 aromatic heterocycles. The van der Waals surface area contributed by atoms with E-state index in [2.05, 4.69) is 29.5 Å². The first-order valence-electron chi connectivity index (χ1n) is 4.98. The highest BCUT2D eigenvalue weighted by atomic mass is 127. The number of alkyl halides is 1. The highest BCUT2D eigenvalue weighted by molar-refractivity contribution is 14.1. The Morgan fingerprint density at radius 3 is 2.64 bits per heavy atom. The summed E-state index contributed by atoms with van der Waals surface area (Å²) in [5.41, 5.74) is 0. The van der Waals surface area contributed by atoms with Gasteiger partial charge in [0.05, 0.1) is 0 Å². The van der Waals surface area contributed by atoms with Crippen LogP contribution in [0.1, 0.15) is 51.9 Å². The number of unbranched alkanes of at least 4 members (excludes halogenated alkanes) is 1. The molecule has 0 aromatic rings. The monoisotopic (exact) mass is 266 g/mol. The molecule has 0 nitrogen and oxygen atoms in total. The fraction of sp³-hybridized carbons (Fsp3) is 1.00. The molecule has 0 spiro atoms. The van der Waals surface area contributed by atoms with Gasteiger partial charge in [-0.05, 0) is 25.2 Å². The first-order valence-corrected chi connectivity index (χ1v) is 6.23. The summed E-state index contributed by atoms with van der Waals surface area (Å²) in [6.45, 7) is 2.30. The lowest BCUT2D eigenvalue weighted by molar-refractivity contribution is 0.352. The van der Waals surface area contributed by atoms with Gasteiger partial charge in [0.2, 0.25) is 0 Å². The summed E-state index contributed by atoms with van der Waals surface area (Å²) in [5, 5.41) is 0. The number of hydrogen-bond acceptors (Lipinski definition) is 0. The topological polar surface area (TPSA) is 0 Å². The zero-order valence-electron chi connectivity index (χ0n) is 7.48. The Labute approximate surface area is 84.3 Å². The molecule has 66 valence electrons. The van der Waals surface area contributed by atoms with Crippen LogP contribution in [0.25, 0.3) is 0 Å². The van der Waals surface area contributed by atoms with Crippen LogP contribution in [0.3, 0.4) is 0 Å². The van der Waals surface area contributed by atoms with E-state index in [1.807, 2.05) is 0 Å². The molecule has 0 saturated heterocycles. The molecule has 11 heavy (non-hydrogen) atoms. The molecule has 0 radical (unpaired) electrons. The molecule has 0 aromatic carbocycles. The van der Waals surface area contributed by atoms with Crippen LogP contribution in [0.2, 0.25) is 0 Å². The second kappa shape index (κ2) is 5.39. The maximum absolute atomic E-state index is 2.66. The predicted octanol–water partition coefficient (Wildman–Crippen LogP) is 4.17. The van der Waals surface area contributed by atoms with Gasteiger partial charge < -0.3 is 0 Å². The second-order valence-electron chi connectivity index (χ2n) is 3.70. The first kappa shape index (κ1) is 9.82. The van der Waals surface area contributed by atoms with E-state index in [4.69, 9.17) is 0 Å². The van der Waals surface area contributed by atoms with Crippen molar-refractivity contribution in [2.24, 2.45) is 5.92 Å². The van der Waals surface area contributed by atoms with E-state index in [1.165, 1.54) is 44.9 Å². The van der Waals surface area contributed by atoms with Gasteiger partial charge in [0.25, 0.3) is 0 Å².